The van der Waals surface area contributed by atoms with Crippen molar-refractivity contribution in [2.75, 3.05) is 11.9 Å². The molecule has 0 saturated heterocycles. The van der Waals surface area contributed by atoms with Gasteiger partial charge >= 0.3 is 12.0 Å². The zero-order valence-corrected chi connectivity index (χ0v) is 10.3. The Balaban J connectivity index is 2.74. The Bertz CT molecular complexity index is 456. The van der Waals surface area contributed by atoms with Crippen LogP contribution >= 0.6 is 11.6 Å². The van der Waals surface area contributed by atoms with Crippen molar-refractivity contribution in [1.29, 1.82) is 0 Å². The molecule has 1 aromatic rings. The zero-order valence-electron chi connectivity index (χ0n) is 9.59. The largest absolute Gasteiger partial charge is 0.480 e. The number of carboxylic acid groups (broad SMARTS) is 1. The van der Waals surface area contributed by atoms with Crippen LogP contribution in [0.3, 0.4) is 0 Å². The smallest absolute Gasteiger partial charge is 0.323 e. The fourth-order valence-corrected chi connectivity index (χ4v) is 1.69. The minimum Gasteiger partial charge on any atom is -0.480 e. The quantitative estimate of drug-likeness (QED) is 0.788. The third kappa shape index (κ3) is 3.89. The Labute approximate surface area is 108 Å². The summed E-state index contributed by atoms with van der Waals surface area (Å²) in [6.45, 7) is 1.24. The molecule has 2 amide bonds. The monoisotopic (exact) mass is 274 g/mol. The molecular weight excluding hydrogens is 263 g/mol. The maximum absolute atomic E-state index is 13.5. The average molecular weight is 275 g/mol. The summed E-state index contributed by atoms with van der Waals surface area (Å²) in [5.74, 6) is -1.69. The SMILES string of the molecule is CCc1c(F)cc(NC(=O)NCC(=O)O)cc1Cl. The van der Waals surface area contributed by atoms with Crippen LogP contribution in [0.2, 0.25) is 5.02 Å². The molecular formula is C11H12ClFN2O3. The van der Waals surface area contributed by atoms with Crippen LogP contribution in [0.5, 0.6) is 0 Å². The molecule has 3 N–H and O–H groups in total. The van der Waals surface area contributed by atoms with E-state index >= 15 is 0 Å². The molecule has 0 spiro atoms. The van der Waals surface area contributed by atoms with E-state index in [1.54, 1.807) is 6.92 Å². The highest BCUT2D eigenvalue weighted by atomic mass is 35.5. The predicted octanol–water partition coefficient (Wildman–Crippen LogP) is 2.25. The molecule has 0 saturated carbocycles. The molecule has 5 nitrogen and oxygen atoms in total. The highest BCUT2D eigenvalue weighted by Gasteiger charge is 2.10. The van der Waals surface area contributed by atoms with Crippen LogP contribution < -0.4 is 10.6 Å². The molecule has 0 heterocycles. The molecule has 0 aromatic heterocycles. The predicted molar refractivity (Wildman–Crippen MR) is 65.4 cm³/mol. The number of carbonyl (C=O) groups excluding carboxylic acids is 1. The molecule has 1 aromatic carbocycles. The number of hydrogen-bond donors (Lipinski definition) is 3. The number of carboxylic acids is 1. The molecule has 0 aliphatic carbocycles. The van der Waals surface area contributed by atoms with Gasteiger partial charge in [-0.2, -0.15) is 0 Å². The Morgan fingerprint density at radius 3 is 2.61 bits per heavy atom. The van der Waals surface area contributed by atoms with E-state index in [2.05, 4.69) is 10.6 Å². The lowest BCUT2D eigenvalue weighted by Crippen LogP contribution is -2.33. The van der Waals surface area contributed by atoms with Crippen molar-refractivity contribution in [1.82, 2.24) is 5.32 Å². The maximum atomic E-state index is 13.5. The summed E-state index contributed by atoms with van der Waals surface area (Å²) >= 11 is 5.84. The number of rotatable bonds is 4. The van der Waals surface area contributed by atoms with Crippen molar-refractivity contribution in [2.45, 2.75) is 13.3 Å². The molecule has 0 radical (unpaired) electrons. The van der Waals surface area contributed by atoms with Gasteiger partial charge in [-0.1, -0.05) is 18.5 Å². The average Bonchev–Trinajstić information content (AvgIpc) is 2.26. The van der Waals surface area contributed by atoms with E-state index in [9.17, 15) is 14.0 Å². The lowest BCUT2D eigenvalue weighted by atomic mass is 10.1. The molecule has 7 heteroatoms. The summed E-state index contributed by atoms with van der Waals surface area (Å²) in [6, 6.07) is 1.80. The standard InChI is InChI=1S/C11H12ClFN2O3/c1-2-7-8(12)3-6(4-9(7)13)15-11(18)14-5-10(16)17/h3-4H,2,5H2,1H3,(H,16,17)(H2,14,15,18). The summed E-state index contributed by atoms with van der Waals surface area (Å²) in [7, 11) is 0. The summed E-state index contributed by atoms with van der Waals surface area (Å²) in [5.41, 5.74) is 0.533. The fraction of sp³-hybridized carbons (Fsp3) is 0.273. The first-order valence-corrected chi connectivity index (χ1v) is 5.56. The Hall–Kier alpha value is -1.82. The van der Waals surface area contributed by atoms with Crippen LogP contribution in [0.1, 0.15) is 12.5 Å². The minimum absolute atomic E-state index is 0.164. The number of benzene rings is 1. The second-order valence-corrected chi connectivity index (χ2v) is 3.88. The normalized spacial score (nSPS) is 9.94. The van der Waals surface area contributed by atoms with Crippen molar-refractivity contribution >= 4 is 29.3 Å². The van der Waals surface area contributed by atoms with Crippen LogP contribution in [0.25, 0.3) is 0 Å². The van der Waals surface area contributed by atoms with E-state index in [0.717, 1.165) is 6.07 Å². The Morgan fingerprint density at radius 2 is 2.11 bits per heavy atom. The first-order chi connectivity index (χ1) is 8.43. The van der Waals surface area contributed by atoms with Gasteiger partial charge in [0.2, 0.25) is 0 Å². The molecule has 0 aliphatic heterocycles. The van der Waals surface area contributed by atoms with E-state index < -0.39 is 24.4 Å². The highest BCUT2D eigenvalue weighted by molar-refractivity contribution is 6.31. The fourth-order valence-electron chi connectivity index (χ4n) is 1.34. The first kappa shape index (κ1) is 14.2. The summed E-state index contributed by atoms with van der Waals surface area (Å²) in [5, 5.41) is 13.0. The van der Waals surface area contributed by atoms with Crippen LogP contribution in [-0.4, -0.2) is 23.7 Å². The molecule has 18 heavy (non-hydrogen) atoms. The molecule has 0 aliphatic rings. The van der Waals surface area contributed by atoms with Crippen LogP contribution in [0, 0.1) is 5.82 Å². The van der Waals surface area contributed by atoms with Gasteiger partial charge in [0.05, 0.1) is 0 Å². The summed E-state index contributed by atoms with van der Waals surface area (Å²) < 4.78 is 13.5. The molecule has 98 valence electrons. The topological polar surface area (TPSA) is 78.4 Å². The van der Waals surface area contributed by atoms with Crippen LogP contribution in [-0.2, 0) is 11.2 Å². The van der Waals surface area contributed by atoms with Gasteiger partial charge < -0.3 is 15.7 Å². The number of nitrogens with one attached hydrogen (secondary N) is 2. The van der Waals surface area contributed by atoms with Gasteiger partial charge in [0.15, 0.2) is 0 Å². The van der Waals surface area contributed by atoms with Gasteiger partial charge in [-0.15, -0.1) is 0 Å². The molecule has 0 atom stereocenters. The van der Waals surface area contributed by atoms with Gasteiger partial charge in [0.25, 0.3) is 0 Å². The van der Waals surface area contributed by atoms with E-state index in [-0.39, 0.29) is 10.7 Å². The maximum Gasteiger partial charge on any atom is 0.323 e. The van der Waals surface area contributed by atoms with Crippen molar-refractivity contribution in [3.63, 3.8) is 0 Å². The zero-order chi connectivity index (χ0) is 13.7. The second-order valence-electron chi connectivity index (χ2n) is 3.47. The number of urea groups is 1. The second kappa shape index (κ2) is 6.20. The number of carbonyl (C=O) groups is 2. The van der Waals surface area contributed by atoms with Crippen molar-refractivity contribution < 1.29 is 19.1 Å². The lowest BCUT2D eigenvalue weighted by Gasteiger charge is -2.09. The van der Waals surface area contributed by atoms with Gasteiger partial charge in [0.1, 0.15) is 12.4 Å². The lowest BCUT2D eigenvalue weighted by molar-refractivity contribution is -0.135. The van der Waals surface area contributed by atoms with Crippen LogP contribution in [0.4, 0.5) is 14.9 Å². The van der Waals surface area contributed by atoms with Crippen molar-refractivity contribution in [2.24, 2.45) is 0 Å². The molecule has 0 fully saturated rings. The van der Waals surface area contributed by atoms with Crippen LogP contribution in [0.15, 0.2) is 12.1 Å². The Morgan fingerprint density at radius 1 is 1.44 bits per heavy atom. The number of anilines is 1. The number of aliphatic carboxylic acids is 1. The van der Waals surface area contributed by atoms with Crippen molar-refractivity contribution in [3.8, 4) is 0 Å². The number of halogens is 2. The number of hydrogen-bond acceptors (Lipinski definition) is 2. The van der Waals surface area contributed by atoms with E-state index in [0.29, 0.717) is 12.0 Å². The van der Waals surface area contributed by atoms with E-state index in [1.807, 2.05) is 0 Å². The Kier molecular flexibility index (Phi) is 4.91. The van der Waals surface area contributed by atoms with Gasteiger partial charge in [-0.05, 0) is 18.6 Å². The van der Waals surface area contributed by atoms with E-state index in [1.165, 1.54) is 6.07 Å². The van der Waals surface area contributed by atoms with Gasteiger partial charge in [-0.25, -0.2) is 9.18 Å². The third-order valence-electron chi connectivity index (χ3n) is 2.15. The molecule has 1 rings (SSSR count). The molecule has 0 bridgehead atoms. The molecule has 0 unspecified atom stereocenters. The minimum atomic E-state index is -1.17. The van der Waals surface area contributed by atoms with Gasteiger partial charge in [-0.3, -0.25) is 4.79 Å². The van der Waals surface area contributed by atoms with Gasteiger partial charge in [0, 0.05) is 16.3 Å². The van der Waals surface area contributed by atoms with E-state index in [4.69, 9.17) is 16.7 Å². The number of amides is 2. The summed E-state index contributed by atoms with van der Waals surface area (Å²) in [4.78, 5) is 21.5. The summed E-state index contributed by atoms with van der Waals surface area (Å²) in [6.07, 6.45) is 0.441. The third-order valence-corrected chi connectivity index (χ3v) is 2.49. The highest BCUT2D eigenvalue weighted by Crippen LogP contribution is 2.24. The van der Waals surface area contributed by atoms with Crippen molar-refractivity contribution in [3.05, 3.63) is 28.5 Å². The first-order valence-electron chi connectivity index (χ1n) is 5.18.